The molecule has 1 heterocycles. The number of nitrogens with two attached hydrogens (primary N) is 1. The van der Waals surface area contributed by atoms with E-state index in [4.69, 9.17) is 10.3 Å². The third kappa shape index (κ3) is 1.30. The van der Waals surface area contributed by atoms with Crippen molar-refractivity contribution >= 4 is 11.0 Å². The summed E-state index contributed by atoms with van der Waals surface area (Å²) in [5.74, 6) is 4.51. The highest BCUT2D eigenvalue weighted by Gasteiger charge is 2.09. The quantitative estimate of drug-likeness (QED) is 0.720. The number of fused-ring (bicyclic) bond motifs is 1. The van der Waals surface area contributed by atoms with Crippen LogP contribution in [-0.2, 0) is 11.4 Å². The predicted octanol–water partition coefficient (Wildman–Crippen LogP) is 1.96. The zero-order chi connectivity index (χ0) is 9.26. The SMILES string of the molecule is NOCc1c(F)ccc2ccoc12. The summed E-state index contributed by atoms with van der Waals surface area (Å²) < 4.78 is 18.3. The molecule has 0 amide bonds. The second-order valence-electron chi connectivity index (χ2n) is 2.68. The number of furan rings is 1. The number of rotatable bonds is 2. The lowest BCUT2D eigenvalue weighted by Crippen LogP contribution is -2.01. The van der Waals surface area contributed by atoms with E-state index < -0.39 is 0 Å². The highest BCUT2D eigenvalue weighted by atomic mass is 19.1. The fourth-order valence-corrected chi connectivity index (χ4v) is 1.29. The van der Waals surface area contributed by atoms with Crippen LogP contribution in [0.25, 0.3) is 11.0 Å². The van der Waals surface area contributed by atoms with Gasteiger partial charge in [0.1, 0.15) is 11.4 Å². The molecule has 2 aromatic rings. The van der Waals surface area contributed by atoms with Gasteiger partial charge in [-0.1, -0.05) is 0 Å². The molecule has 0 spiro atoms. The number of halogens is 1. The summed E-state index contributed by atoms with van der Waals surface area (Å²) >= 11 is 0. The van der Waals surface area contributed by atoms with Crippen molar-refractivity contribution < 1.29 is 13.6 Å². The van der Waals surface area contributed by atoms with Gasteiger partial charge in [-0.05, 0) is 18.2 Å². The number of hydrogen-bond acceptors (Lipinski definition) is 3. The molecule has 0 saturated carbocycles. The van der Waals surface area contributed by atoms with Crippen molar-refractivity contribution in [3.8, 4) is 0 Å². The first-order valence-electron chi connectivity index (χ1n) is 3.79. The summed E-state index contributed by atoms with van der Waals surface area (Å²) in [4.78, 5) is 4.39. The average Bonchev–Trinajstić information content (AvgIpc) is 2.58. The summed E-state index contributed by atoms with van der Waals surface area (Å²) in [5, 5.41) is 0.841. The van der Waals surface area contributed by atoms with Crippen LogP contribution in [0.2, 0.25) is 0 Å². The summed E-state index contributed by atoms with van der Waals surface area (Å²) in [5.41, 5.74) is 0.843. The zero-order valence-electron chi connectivity index (χ0n) is 6.79. The van der Waals surface area contributed by atoms with Crippen LogP contribution in [-0.4, -0.2) is 0 Å². The molecule has 0 aliphatic rings. The van der Waals surface area contributed by atoms with Gasteiger partial charge in [-0.25, -0.2) is 10.3 Å². The molecule has 0 saturated heterocycles. The van der Waals surface area contributed by atoms with Gasteiger partial charge in [0.05, 0.1) is 18.4 Å². The van der Waals surface area contributed by atoms with Crippen LogP contribution in [0.15, 0.2) is 28.9 Å². The lowest BCUT2D eigenvalue weighted by Gasteiger charge is -2.01. The Morgan fingerprint density at radius 1 is 1.38 bits per heavy atom. The molecular weight excluding hydrogens is 173 g/mol. The maximum atomic E-state index is 13.2. The van der Waals surface area contributed by atoms with Gasteiger partial charge in [0.25, 0.3) is 0 Å². The lowest BCUT2D eigenvalue weighted by molar-refractivity contribution is 0.122. The van der Waals surface area contributed by atoms with Crippen molar-refractivity contribution in [3.63, 3.8) is 0 Å². The maximum absolute atomic E-state index is 13.2. The normalized spacial score (nSPS) is 10.9. The Kier molecular flexibility index (Phi) is 2.00. The molecule has 0 aliphatic carbocycles. The van der Waals surface area contributed by atoms with E-state index in [1.165, 1.54) is 12.3 Å². The molecular formula is C9H8FNO2. The maximum Gasteiger partial charge on any atom is 0.142 e. The van der Waals surface area contributed by atoms with Crippen LogP contribution in [0.1, 0.15) is 5.56 Å². The minimum Gasteiger partial charge on any atom is -0.464 e. The van der Waals surface area contributed by atoms with Crippen LogP contribution in [0.3, 0.4) is 0 Å². The molecule has 0 radical (unpaired) electrons. The molecule has 1 aromatic carbocycles. The number of benzene rings is 1. The van der Waals surface area contributed by atoms with Crippen LogP contribution < -0.4 is 5.90 Å². The Bertz CT molecular complexity index is 424. The molecule has 3 nitrogen and oxygen atoms in total. The lowest BCUT2D eigenvalue weighted by atomic mass is 10.1. The predicted molar refractivity (Wildman–Crippen MR) is 45.1 cm³/mol. The Morgan fingerprint density at radius 3 is 3.00 bits per heavy atom. The summed E-state index contributed by atoms with van der Waals surface area (Å²) in [6, 6.07) is 4.77. The van der Waals surface area contributed by atoms with Gasteiger partial charge in [0, 0.05) is 5.39 Å². The first-order chi connectivity index (χ1) is 6.33. The second kappa shape index (κ2) is 3.16. The van der Waals surface area contributed by atoms with Crippen LogP contribution >= 0.6 is 0 Å². The number of hydrogen-bond donors (Lipinski definition) is 1. The monoisotopic (exact) mass is 181 g/mol. The summed E-state index contributed by atoms with van der Waals surface area (Å²) in [7, 11) is 0. The molecule has 1 aromatic heterocycles. The molecule has 0 unspecified atom stereocenters. The van der Waals surface area contributed by atoms with Gasteiger partial charge in [0.2, 0.25) is 0 Å². The average molecular weight is 181 g/mol. The van der Waals surface area contributed by atoms with Gasteiger partial charge in [0.15, 0.2) is 0 Å². The van der Waals surface area contributed by atoms with Gasteiger partial charge >= 0.3 is 0 Å². The first-order valence-corrected chi connectivity index (χ1v) is 3.79. The Hall–Kier alpha value is -1.39. The molecule has 0 fully saturated rings. The first kappa shape index (κ1) is 8.22. The van der Waals surface area contributed by atoms with E-state index in [2.05, 4.69) is 4.84 Å². The van der Waals surface area contributed by atoms with Crippen LogP contribution in [0, 0.1) is 5.82 Å². The molecule has 4 heteroatoms. The zero-order valence-corrected chi connectivity index (χ0v) is 6.79. The fraction of sp³-hybridized carbons (Fsp3) is 0.111. The fourth-order valence-electron chi connectivity index (χ4n) is 1.29. The van der Waals surface area contributed by atoms with Crippen molar-refractivity contribution in [2.75, 3.05) is 0 Å². The van der Waals surface area contributed by atoms with Crippen molar-refractivity contribution in [3.05, 3.63) is 35.8 Å². The third-order valence-corrected chi connectivity index (χ3v) is 1.89. The molecule has 2 rings (SSSR count). The summed E-state index contributed by atoms with van der Waals surface area (Å²) in [6.07, 6.45) is 1.50. The summed E-state index contributed by atoms with van der Waals surface area (Å²) in [6.45, 7) is 0.0106. The van der Waals surface area contributed by atoms with Gasteiger partial charge in [-0.2, -0.15) is 0 Å². The topological polar surface area (TPSA) is 48.4 Å². The molecule has 0 atom stereocenters. The van der Waals surface area contributed by atoms with Crippen LogP contribution in [0.5, 0.6) is 0 Å². The highest BCUT2D eigenvalue weighted by Crippen LogP contribution is 2.22. The van der Waals surface area contributed by atoms with E-state index in [0.717, 1.165) is 5.39 Å². The smallest absolute Gasteiger partial charge is 0.142 e. The van der Waals surface area contributed by atoms with Gasteiger partial charge < -0.3 is 4.42 Å². The molecule has 13 heavy (non-hydrogen) atoms. The minimum absolute atomic E-state index is 0.0106. The third-order valence-electron chi connectivity index (χ3n) is 1.89. The van der Waals surface area contributed by atoms with Gasteiger partial charge in [-0.3, -0.25) is 4.84 Å². The molecule has 0 aliphatic heterocycles. The molecule has 0 bridgehead atoms. The van der Waals surface area contributed by atoms with E-state index in [-0.39, 0.29) is 12.4 Å². The second-order valence-corrected chi connectivity index (χ2v) is 2.68. The van der Waals surface area contributed by atoms with Crippen molar-refractivity contribution in [2.24, 2.45) is 5.90 Å². The Balaban J connectivity index is 2.66. The molecule has 2 N–H and O–H groups in total. The van der Waals surface area contributed by atoms with Gasteiger partial charge in [-0.15, -0.1) is 0 Å². The van der Waals surface area contributed by atoms with E-state index in [1.54, 1.807) is 12.1 Å². The largest absolute Gasteiger partial charge is 0.464 e. The van der Waals surface area contributed by atoms with Crippen molar-refractivity contribution in [2.45, 2.75) is 6.61 Å². The van der Waals surface area contributed by atoms with Crippen molar-refractivity contribution in [1.29, 1.82) is 0 Å². The Morgan fingerprint density at radius 2 is 2.23 bits per heavy atom. The van der Waals surface area contributed by atoms with E-state index in [1.807, 2.05) is 0 Å². The van der Waals surface area contributed by atoms with E-state index in [9.17, 15) is 4.39 Å². The highest BCUT2D eigenvalue weighted by molar-refractivity contribution is 5.80. The Labute approximate surface area is 73.8 Å². The minimum atomic E-state index is -0.368. The van der Waals surface area contributed by atoms with Crippen molar-refractivity contribution in [1.82, 2.24) is 0 Å². The van der Waals surface area contributed by atoms with E-state index in [0.29, 0.717) is 11.1 Å². The van der Waals surface area contributed by atoms with Crippen LogP contribution in [0.4, 0.5) is 4.39 Å². The van der Waals surface area contributed by atoms with E-state index >= 15 is 0 Å². The molecule has 68 valence electrons. The standard InChI is InChI=1S/C9H8FNO2/c10-8-2-1-6-3-4-12-9(6)7(8)5-13-11/h1-4H,5,11H2.